The SMILES string of the molecule is CC#CCN(C)[C@@H](Cc1ccc(O)c(CN(C)C)c1)C(=O)OC. The molecule has 1 aromatic rings. The van der Waals surface area contributed by atoms with E-state index < -0.39 is 6.04 Å². The zero-order valence-electron chi connectivity index (χ0n) is 14.6. The largest absolute Gasteiger partial charge is 0.508 e. The maximum Gasteiger partial charge on any atom is 0.323 e. The van der Waals surface area contributed by atoms with Gasteiger partial charge in [-0.05, 0) is 46.1 Å². The standard InChI is InChI=1S/C18H26N2O3/c1-6-7-10-20(4)16(18(22)23-5)12-14-8-9-17(21)15(11-14)13-19(2)3/h8-9,11,16,21H,10,12-13H2,1-5H3/t16-/m0/s1. The summed E-state index contributed by atoms with van der Waals surface area (Å²) in [5.74, 6) is 5.77. The van der Waals surface area contributed by atoms with Crippen molar-refractivity contribution in [2.75, 3.05) is 34.8 Å². The molecule has 1 rings (SSSR count). The first kappa shape index (κ1) is 19.0. The summed E-state index contributed by atoms with van der Waals surface area (Å²) in [6, 6.07) is 5.04. The number of ether oxygens (including phenoxy) is 1. The Bertz CT molecular complexity index is 588. The van der Waals surface area contributed by atoms with Gasteiger partial charge in [0.1, 0.15) is 11.8 Å². The number of rotatable bonds is 7. The highest BCUT2D eigenvalue weighted by Crippen LogP contribution is 2.21. The lowest BCUT2D eigenvalue weighted by Crippen LogP contribution is -2.41. The first-order valence-corrected chi connectivity index (χ1v) is 7.52. The Morgan fingerprint density at radius 2 is 2.04 bits per heavy atom. The molecule has 0 spiro atoms. The number of esters is 1. The quantitative estimate of drug-likeness (QED) is 0.610. The van der Waals surface area contributed by atoms with Gasteiger partial charge in [0, 0.05) is 12.1 Å². The maximum atomic E-state index is 12.1. The summed E-state index contributed by atoms with van der Waals surface area (Å²) >= 11 is 0. The summed E-state index contributed by atoms with van der Waals surface area (Å²) in [7, 11) is 7.14. The average Bonchev–Trinajstić information content (AvgIpc) is 2.52. The first-order chi connectivity index (χ1) is 10.9. The average molecular weight is 318 g/mol. The third-order valence-electron chi connectivity index (χ3n) is 3.57. The van der Waals surface area contributed by atoms with Crippen molar-refractivity contribution < 1.29 is 14.6 Å². The number of nitrogens with zero attached hydrogens (tertiary/aromatic N) is 2. The second-order valence-electron chi connectivity index (χ2n) is 5.79. The van der Waals surface area contributed by atoms with E-state index in [9.17, 15) is 9.90 Å². The normalized spacial score (nSPS) is 12.0. The van der Waals surface area contributed by atoms with Crippen LogP contribution in [0, 0.1) is 11.8 Å². The molecular weight excluding hydrogens is 292 g/mol. The number of likely N-dealkylation sites (N-methyl/N-ethyl adjacent to an activating group) is 1. The third-order valence-corrected chi connectivity index (χ3v) is 3.57. The third kappa shape index (κ3) is 5.93. The van der Waals surface area contributed by atoms with E-state index in [1.165, 1.54) is 7.11 Å². The van der Waals surface area contributed by atoms with E-state index in [-0.39, 0.29) is 11.7 Å². The Labute approximate surface area is 138 Å². The van der Waals surface area contributed by atoms with Gasteiger partial charge in [0.2, 0.25) is 0 Å². The molecule has 1 N–H and O–H groups in total. The summed E-state index contributed by atoms with van der Waals surface area (Å²) in [5, 5.41) is 9.95. The van der Waals surface area contributed by atoms with Crippen molar-refractivity contribution in [3.05, 3.63) is 29.3 Å². The second-order valence-corrected chi connectivity index (χ2v) is 5.79. The Kier molecular flexibility index (Phi) is 7.60. The Hall–Kier alpha value is -2.03. The molecule has 0 heterocycles. The molecule has 0 aromatic heterocycles. The highest BCUT2D eigenvalue weighted by Gasteiger charge is 2.24. The summed E-state index contributed by atoms with van der Waals surface area (Å²) in [4.78, 5) is 15.9. The van der Waals surface area contributed by atoms with E-state index in [2.05, 4.69) is 11.8 Å². The molecule has 0 amide bonds. The molecule has 0 radical (unpaired) electrons. The molecule has 0 saturated carbocycles. The Morgan fingerprint density at radius 3 is 2.61 bits per heavy atom. The summed E-state index contributed by atoms with van der Waals surface area (Å²) < 4.78 is 4.92. The number of benzene rings is 1. The zero-order valence-corrected chi connectivity index (χ0v) is 14.6. The number of methoxy groups -OCH3 is 1. The van der Waals surface area contributed by atoms with E-state index >= 15 is 0 Å². The molecule has 23 heavy (non-hydrogen) atoms. The van der Waals surface area contributed by atoms with Gasteiger partial charge in [0.15, 0.2) is 0 Å². The van der Waals surface area contributed by atoms with Crippen molar-refractivity contribution in [2.24, 2.45) is 0 Å². The van der Waals surface area contributed by atoms with Crippen LogP contribution in [0.3, 0.4) is 0 Å². The van der Waals surface area contributed by atoms with Gasteiger partial charge in [0.05, 0.1) is 13.7 Å². The highest BCUT2D eigenvalue weighted by molar-refractivity contribution is 5.76. The van der Waals surface area contributed by atoms with Gasteiger partial charge in [-0.15, -0.1) is 5.92 Å². The fourth-order valence-electron chi connectivity index (χ4n) is 2.33. The zero-order chi connectivity index (χ0) is 17.4. The molecule has 5 heteroatoms. The first-order valence-electron chi connectivity index (χ1n) is 7.52. The molecule has 0 saturated heterocycles. The van der Waals surface area contributed by atoms with E-state index in [0.717, 1.165) is 11.1 Å². The lowest BCUT2D eigenvalue weighted by Gasteiger charge is -2.24. The molecule has 1 aromatic carbocycles. The monoisotopic (exact) mass is 318 g/mol. The van der Waals surface area contributed by atoms with Crippen LogP contribution in [-0.4, -0.2) is 61.7 Å². The van der Waals surface area contributed by atoms with Crippen LogP contribution in [0.4, 0.5) is 0 Å². The van der Waals surface area contributed by atoms with Crippen LogP contribution in [0.25, 0.3) is 0 Å². The molecule has 5 nitrogen and oxygen atoms in total. The fourth-order valence-corrected chi connectivity index (χ4v) is 2.33. The van der Waals surface area contributed by atoms with Crippen LogP contribution >= 0.6 is 0 Å². The molecular formula is C18H26N2O3. The number of phenols is 1. The van der Waals surface area contributed by atoms with Gasteiger partial charge in [-0.1, -0.05) is 18.1 Å². The van der Waals surface area contributed by atoms with E-state index in [1.54, 1.807) is 13.0 Å². The molecule has 0 aliphatic carbocycles. The van der Waals surface area contributed by atoms with Gasteiger partial charge in [0.25, 0.3) is 0 Å². The highest BCUT2D eigenvalue weighted by atomic mass is 16.5. The topological polar surface area (TPSA) is 53.0 Å². The van der Waals surface area contributed by atoms with Gasteiger partial charge in [-0.2, -0.15) is 0 Å². The minimum absolute atomic E-state index is 0.266. The second kappa shape index (κ2) is 9.19. The predicted molar refractivity (Wildman–Crippen MR) is 91.1 cm³/mol. The number of hydrogen-bond acceptors (Lipinski definition) is 5. The lowest BCUT2D eigenvalue weighted by atomic mass is 10.0. The summed E-state index contributed by atoms with van der Waals surface area (Å²) in [6.07, 6.45) is 0.509. The van der Waals surface area contributed by atoms with Gasteiger partial charge >= 0.3 is 5.97 Å². The number of hydrogen-bond donors (Lipinski definition) is 1. The van der Waals surface area contributed by atoms with Crippen molar-refractivity contribution in [1.29, 1.82) is 0 Å². The molecule has 0 aliphatic heterocycles. The van der Waals surface area contributed by atoms with Crippen LogP contribution in [0.2, 0.25) is 0 Å². The maximum absolute atomic E-state index is 12.1. The van der Waals surface area contributed by atoms with Crippen molar-refractivity contribution >= 4 is 5.97 Å². The molecule has 0 fully saturated rings. The predicted octanol–water partition coefficient (Wildman–Crippen LogP) is 1.49. The van der Waals surface area contributed by atoms with Crippen LogP contribution in [0.15, 0.2) is 18.2 Å². The molecule has 1 atom stereocenters. The van der Waals surface area contributed by atoms with Crippen molar-refractivity contribution in [3.63, 3.8) is 0 Å². The number of phenolic OH excluding ortho intramolecular Hbond substituents is 1. The fraction of sp³-hybridized carbons (Fsp3) is 0.500. The molecule has 0 bridgehead atoms. The molecule has 0 unspecified atom stereocenters. The van der Waals surface area contributed by atoms with Gasteiger partial charge in [-0.25, -0.2) is 0 Å². The molecule has 0 aliphatic rings. The van der Waals surface area contributed by atoms with Crippen molar-refractivity contribution in [2.45, 2.75) is 25.9 Å². The Balaban J connectivity index is 2.98. The Morgan fingerprint density at radius 1 is 1.35 bits per heavy atom. The minimum atomic E-state index is -0.405. The number of carbonyl (C=O) groups is 1. The minimum Gasteiger partial charge on any atom is -0.508 e. The van der Waals surface area contributed by atoms with E-state index in [0.29, 0.717) is 19.5 Å². The van der Waals surface area contributed by atoms with Crippen LogP contribution in [-0.2, 0) is 22.5 Å². The van der Waals surface area contributed by atoms with Crippen LogP contribution in [0.1, 0.15) is 18.1 Å². The van der Waals surface area contributed by atoms with Crippen LogP contribution < -0.4 is 0 Å². The van der Waals surface area contributed by atoms with Crippen molar-refractivity contribution in [1.82, 2.24) is 9.80 Å². The van der Waals surface area contributed by atoms with Gasteiger partial charge in [-0.3, -0.25) is 9.69 Å². The summed E-state index contributed by atoms with van der Waals surface area (Å²) in [6.45, 7) is 2.91. The number of carbonyl (C=O) groups excluding carboxylic acids is 1. The van der Waals surface area contributed by atoms with Crippen LogP contribution in [0.5, 0.6) is 5.75 Å². The smallest absolute Gasteiger partial charge is 0.323 e. The van der Waals surface area contributed by atoms with E-state index in [1.807, 2.05) is 43.1 Å². The van der Waals surface area contributed by atoms with E-state index in [4.69, 9.17) is 4.74 Å². The van der Waals surface area contributed by atoms with Crippen molar-refractivity contribution in [3.8, 4) is 17.6 Å². The molecule has 126 valence electrons. The lowest BCUT2D eigenvalue weighted by molar-refractivity contribution is -0.146. The summed E-state index contributed by atoms with van der Waals surface area (Å²) in [5.41, 5.74) is 1.82. The van der Waals surface area contributed by atoms with Gasteiger partial charge < -0.3 is 14.7 Å². The number of aromatic hydroxyl groups is 1.